The van der Waals surface area contributed by atoms with Gasteiger partial charge < -0.3 is 9.84 Å². The Morgan fingerprint density at radius 1 is 1.32 bits per heavy atom. The van der Waals surface area contributed by atoms with Crippen LogP contribution >= 0.6 is 24.0 Å². The Balaban J connectivity index is 2.12. The molecule has 0 aromatic heterocycles. The molecule has 8 heteroatoms. The number of benzene rings is 1. The molecule has 0 saturated carbocycles. The van der Waals surface area contributed by atoms with E-state index in [0.29, 0.717) is 21.8 Å². The third kappa shape index (κ3) is 5.51. The highest BCUT2D eigenvalue weighted by molar-refractivity contribution is 8.26. The van der Waals surface area contributed by atoms with Crippen molar-refractivity contribution >= 4 is 52.2 Å². The van der Waals surface area contributed by atoms with Crippen molar-refractivity contribution in [2.24, 2.45) is 0 Å². The molecule has 1 saturated heterocycles. The zero-order chi connectivity index (χ0) is 20.7. The number of hydrogen-bond acceptors (Lipinski definition) is 6. The predicted molar refractivity (Wildman–Crippen MR) is 113 cm³/mol. The van der Waals surface area contributed by atoms with Crippen LogP contribution in [0.15, 0.2) is 65.6 Å². The summed E-state index contributed by atoms with van der Waals surface area (Å²) in [6, 6.07) is 6.56. The fraction of sp³-hybridized carbons (Fsp3) is 0.100. The second-order valence-electron chi connectivity index (χ2n) is 5.48. The van der Waals surface area contributed by atoms with Crippen molar-refractivity contribution in [2.75, 3.05) is 6.54 Å². The highest BCUT2D eigenvalue weighted by atomic mass is 32.2. The van der Waals surface area contributed by atoms with Crippen LogP contribution in [0, 0.1) is 0 Å². The van der Waals surface area contributed by atoms with Crippen molar-refractivity contribution in [3.05, 3.63) is 71.2 Å². The zero-order valence-corrected chi connectivity index (χ0v) is 16.6. The first-order chi connectivity index (χ1) is 13.3. The number of thioether (sulfide) groups is 1. The minimum Gasteiger partial charge on any atom is -0.480 e. The van der Waals surface area contributed by atoms with Crippen molar-refractivity contribution < 1.29 is 24.2 Å². The Bertz CT molecular complexity index is 913. The Kier molecular flexibility index (Phi) is 7.48. The molecule has 1 aliphatic heterocycles. The Morgan fingerprint density at radius 2 is 2.00 bits per heavy atom. The molecule has 144 valence electrons. The molecule has 0 radical (unpaired) electrons. The molecule has 28 heavy (non-hydrogen) atoms. The Labute approximate surface area is 171 Å². The van der Waals surface area contributed by atoms with Crippen LogP contribution in [0.3, 0.4) is 0 Å². The van der Waals surface area contributed by atoms with Crippen LogP contribution in [0.4, 0.5) is 0 Å². The predicted octanol–water partition coefficient (Wildman–Crippen LogP) is 3.57. The molecule has 1 fully saturated rings. The fourth-order valence-electron chi connectivity index (χ4n) is 2.22. The molecule has 2 rings (SSSR count). The lowest BCUT2D eigenvalue weighted by Crippen LogP contribution is -2.33. The molecular weight excluding hydrogens is 398 g/mol. The van der Waals surface area contributed by atoms with Gasteiger partial charge in [0.25, 0.3) is 5.91 Å². The summed E-state index contributed by atoms with van der Waals surface area (Å²) in [7, 11) is 0. The molecule has 0 aliphatic carbocycles. The summed E-state index contributed by atoms with van der Waals surface area (Å²) in [5.74, 6) is -1.75. The first kappa shape index (κ1) is 21.3. The van der Waals surface area contributed by atoms with Crippen molar-refractivity contribution in [1.29, 1.82) is 0 Å². The second-order valence-corrected chi connectivity index (χ2v) is 7.15. The topological polar surface area (TPSA) is 83.9 Å². The van der Waals surface area contributed by atoms with Gasteiger partial charge in [-0.3, -0.25) is 14.5 Å². The Morgan fingerprint density at radius 3 is 2.57 bits per heavy atom. The molecular formula is C20H17NO5S2. The number of hydrogen-bond donors (Lipinski definition) is 1. The SMILES string of the molecule is C=C/C=C(\C=C\C)C(=O)Oc1ccc(/C=C2\SC(=S)N(CC(=O)O)C2=O)cc1. The molecule has 0 bridgehead atoms. The molecule has 0 spiro atoms. The summed E-state index contributed by atoms with van der Waals surface area (Å²) in [4.78, 5) is 36.6. The number of carboxylic acids is 1. The summed E-state index contributed by atoms with van der Waals surface area (Å²) in [5.41, 5.74) is 1.05. The van der Waals surface area contributed by atoms with E-state index in [2.05, 4.69) is 6.58 Å². The average Bonchev–Trinajstić information content (AvgIpc) is 2.90. The number of carbonyl (C=O) groups is 3. The standard InChI is InChI=1S/C20H17NO5S2/c1-3-5-14(6-4-2)19(25)26-15-9-7-13(8-10-15)11-16-18(24)21(12-17(22)23)20(27)28-16/h3-11H,1,12H2,2H3,(H,22,23)/b6-4+,14-5+,16-11-. The smallest absolute Gasteiger partial charge is 0.343 e. The largest absolute Gasteiger partial charge is 0.480 e. The number of aliphatic carboxylic acids is 1. The van der Waals surface area contributed by atoms with E-state index in [9.17, 15) is 14.4 Å². The number of carbonyl (C=O) groups excluding carboxylic acids is 2. The summed E-state index contributed by atoms with van der Waals surface area (Å²) >= 11 is 6.10. The van der Waals surface area contributed by atoms with E-state index in [1.807, 2.05) is 0 Å². The molecule has 1 heterocycles. The molecule has 0 unspecified atom stereocenters. The number of thiocarbonyl (C=S) groups is 1. The number of allylic oxidation sites excluding steroid dienone is 3. The summed E-state index contributed by atoms with van der Waals surface area (Å²) in [6.45, 7) is 4.89. The third-order valence-electron chi connectivity index (χ3n) is 3.43. The highest BCUT2D eigenvalue weighted by Crippen LogP contribution is 2.32. The van der Waals surface area contributed by atoms with E-state index in [-0.39, 0.29) is 4.32 Å². The zero-order valence-electron chi connectivity index (χ0n) is 15.0. The van der Waals surface area contributed by atoms with Crippen LogP contribution in [0.25, 0.3) is 6.08 Å². The van der Waals surface area contributed by atoms with Gasteiger partial charge in [0, 0.05) is 0 Å². The lowest BCUT2D eigenvalue weighted by atomic mass is 10.2. The monoisotopic (exact) mass is 415 g/mol. The maximum atomic E-state index is 12.3. The first-order valence-electron chi connectivity index (χ1n) is 8.10. The van der Waals surface area contributed by atoms with Crippen LogP contribution < -0.4 is 4.74 Å². The van der Waals surface area contributed by atoms with Gasteiger partial charge in [-0.1, -0.05) is 60.9 Å². The fourth-order valence-corrected chi connectivity index (χ4v) is 3.47. The van der Waals surface area contributed by atoms with Crippen LogP contribution in [-0.4, -0.2) is 38.7 Å². The van der Waals surface area contributed by atoms with Gasteiger partial charge in [0.05, 0.1) is 10.5 Å². The summed E-state index contributed by atoms with van der Waals surface area (Å²) in [5, 5.41) is 8.86. The molecule has 1 aromatic carbocycles. The maximum Gasteiger partial charge on any atom is 0.343 e. The Hall–Kier alpha value is -2.97. The van der Waals surface area contributed by atoms with Gasteiger partial charge >= 0.3 is 11.9 Å². The van der Waals surface area contributed by atoms with E-state index in [1.165, 1.54) is 6.08 Å². The molecule has 1 aromatic rings. The average molecular weight is 415 g/mol. The van der Waals surface area contributed by atoms with Gasteiger partial charge in [0.15, 0.2) is 0 Å². The van der Waals surface area contributed by atoms with E-state index >= 15 is 0 Å². The van der Waals surface area contributed by atoms with Crippen molar-refractivity contribution in [1.82, 2.24) is 4.90 Å². The quantitative estimate of drug-likeness (QED) is 0.240. The third-order valence-corrected chi connectivity index (χ3v) is 4.81. The molecule has 1 aliphatic rings. The summed E-state index contributed by atoms with van der Waals surface area (Å²) < 4.78 is 5.52. The van der Waals surface area contributed by atoms with E-state index in [0.717, 1.165) is 16.7 Å². The van der Waals surface area contributed by atoms with Crippen LogP contribution in [0.2, 0.25) is 0 Å². The van der Waals surface area contributed by atoms with E-state index < -0.39 is 24.4 Å². The minimum atomic E-state index is -1.13. The molecule has 6 nitrogen and oxygen atoms in total. The molecule has 0 atom stereocenters. The lowest BCUT2D eigenvalue weighted by Gasteiger charge is -2.10. The van der Waals surface area contributed by atoms with Crippen LogP contribution in [0.5, 0.6) is 5.75 Å². The number of nitrogens with zero attached hydrogens (tertiary/aromatic N) is 1. The van der Waals surface area contributed by atoms with Crippen molar-refractivity contribution in [2.45, 2.75) is 6.92 Å². The van der Waals surface area contributed by atoms with Crippen molar-refractivity contribution in [3.8, 4) is 5.75 Å². The van der Waals surface area contributed by atoms with E-state index in [1.54, 1.807) is 55.5 Å². The number of ether oxygens (including phenoxy) is 1. The van der Waals surface area contributed by atoms with Gasteiger partial charge in [-0.25, -0.2) is 4.79 Å². The number of amides is 1. The van der Waals surface area contributed by atoms with Gasteiger partial charge in [-0.05, 0) is 36.8 Å². The summed E-state index contributed by atoms with van der Waals surface area (Å²) in [6.07, 6.45) is 8.00. The van der Waals surface area contributed by atoms with Crippen LogP contribution in [0.1, 0.15) is 12.5 Å². The minimum absolute atomic E-state index is 0.203. The number of rotatable bonds is 7. The highest BCUT2D eigenvalue weighted by Gasteiger charge is 2.33. The van der Waals surface area contributed by atoms with Gasteiger partial charge in [-0.2, -0.15) is 0 Å². The normalized spacial score (nSPS) is 16.1. The number of esters is 1. The van der Waals surface area contributed by atoms with Gasteiger partial charge in [0.2, 0.25) is 0 Å². The maximum absolute atomic E-state index is 12.3. The van der Waals surface area contributed by atoms with E-state index in [4.69, 9.17) is 22.1 Å². The molecule has 1 N–H and O–H groups in total. The number of carboxylic acid groups (broad SMARTS) is 1. The van der Waals surface area contributed by atoms with Gasteiger partial charge in [0.1, 0.15) is 16.6 Å². The van der Waals surface area contributed by atoms with Crippen LogP contribution in [-0.2, 0) is 14.4 Å². The lowest BCUT2D eigenvalue weighted by molar-refractivity contribution is -0.140. The first-order valence-corrected chi connectivity index (χ1v) is 9.33. The molecule has 1 amide bonds. The van der Waals surface area contributed by atoms with Gasteiger partial charge in [-0.15, -0.1) is 0 Å². The van der Waals surface area contributed by atoms with Crippen molar-refractivity contribution in [3.63, 3.8) is 0 Å². The second kappa shape index (κ2) is 9.82.